The maximum atomic E-state index is 13.2. The lowest BCUT2D eigenvalue weighted by Crippen LogP contribution is -2.51. The number of carbonyl (C=O) groups is 1. The molecule has 3 rings (SSSR count). The highest BCUT2D eigenvalue weighted by Crippen LogP contribution is 2.34. The van der Waals surface area contributed by atoms with Crippen LogP contribution in [0.1, 0.15) is 24.8 Å². The number of piperidine rings is 1. The number of amides is 1. The number of rotatable bonds is 7. The molecule has 1 aliphatic heterocycles. The standard InChI is InChI=1S/C22H23Cl2F3N2O3S/c23-17-7-4-8-18(24)20(17)33(31,32)28-19(10-9-15-5-2-1-3-6-15)21(30)29-13-11-16(12-14-29)22(25,26)27/h1-8,16,19,28H,9-14H2. The molecule has 1 heterocycles. The number of nitrogens with one attached hydrogen (secondary N) is 1. The molecule has 180 valence electrons. The Morgan fingerprint density at radius 2 is 1.61 bits per heavy atom. The molecule has 0 radical (unpaired) electrons. The zero-order valence-electron chi connectivity index (χ0n) is 17.5. The van der Waals surface area contributed by atoms with Crippen molar-refractivity contribution in [1.82, 2.24) is 9.62 Å². The molecule has 33 heavy (non-hydrogen) atoms. The summed E-state index contributed by atoms with van der Waals surface area (Å²) in [5.41, 5.74) is 0.890. The molecule has 5 nitrogen and oxygen atoms in total. The number of hydrogen-bond acceptors (Lipinski definition) is 3. The van der Waals surface area contributed by atoms with Crippen LogP contribution in [0.25, 0.3) is 0 Å². The van der Waals surface area contributed by atoms with Crippen LogP contribution in [-0.2, 0) is 21.2 Å². The summed E-state index contributed by atoms with van der Waals surface area (Å²) in [5, 5.41) is -0.203. The first-order valence-corrected chi connectivity index (χ1v) is 12.6. The highest BCUT2D eigenvalue weighted by molar-refractivity contribution is 7.89. The Hall–Kier alpha value is -1.81. The third-order valence-corrected chi connectivity index (χ3v) is 8.04. The average molecular weight is 523 g/mol. The number of carbonyl (C=O) groups excluding carboxylic acids is 1. The monoisotopic (exact) mass is 522 g/mol. The van der Waals surface area contributed by atoms with Crippen molar-refractivity contribution in [3.05, 3.63) is 64.1 Å². The first-order chi connectivity index (χ1) is 15.5. The molecular formula is C22H23Cl2F3N2O3S. The van der Waals surface area contributed by atoms with Crippen molar-refractivity contribution in [3.8, 4) is 0 Å². The Kier molecular flexibility index (Phi) is 8.31. The number of aryl methyl sites for hydroxylation is 1. The maximum absolute atomic E-state index is 13.2. The summed E-state index contributed by atoms with van der Waals surface area (Å²) in [6.45, 7) is -0.196. The molecule has 11 heteroatoms. The first kappa shape index (κ1) is 25.8. The molecule has 0 aromatic heterocycles. The van der Waals surface area contributed by atoms with Gasteiger partial charge in [-0.2, -0.15) is 17.9 Å². The van der Waals surface area contributed by atoms with E-state index in [-0.39, 0.29) is 47.3 Å². The second-order valence-corrected chi connectivity index (χ2v) is 10.4. The van der Waals surface area contributed by atoms with E-state index in [9.17, 15) is 26.4 Å². The normalized spacial score (nSPS) is 16.6. The molecule has 1 atom stereocenters. The lowest BCUT2D eigenvalue weighted by Gasteiger charge is -2.35. The van der Waals surface area contributed by atoms with Gasteiger partial charge in [-0.1, -0.05) is 59.6 Å². The van der Waals surface area contributed by atoms with Gasteiger partial charge in [0.05, 0.1) is 16.0 Å². The molecule has 0 bridgehead atoms. The summed E-state index contributed by atoms with van der Waals surface area (Å²) in [4.78, 5) is 14.1. The lowest BCUT2D eigenvalue weighted by atomic mass is 9.95. The lowest BCUT2D eigenvalue weighted by molar-refractivity contribution is -0.186. The highest BCUT2D eigenvalue weighted by Gasteiger charge is 2.42. The molecule has 2 aromatic rings. The van der Waals surface area contributed by atoms with Crippen LogP contribution in [0, 0.1) is 5.92 Å². The van der Waals surface area contributed by atoms with E-state index in [0.29, 0.717) is 6.42 Å². The minimum absolute atomic E-state index is 0.0978. The first-order valence-electron chi connectivity index (χ1n) is 10.3. The van der Waals surface area contributed by atoms with Crippen molar-refractivity contribution < 1.29 is 26.4 Å². The summed E-state index contributed by atoms with van der Waals surface area (Å²) in [6.07, 6.45) is -4.25. The predicted molar refractivity (Wildman–Crippen MR) is 121 cm³/mol. The third kappa shape index (κ3) is 6.62. The number of halogens is 5. The van der Waals surface area contributed by atoms with Crippen molar-refractivity contribution >= 4 is 39.1 Å². The van der Waals surface area contributed by atoms with Crippen LogP contribution in [0.4, 0.5) is 13.2 Å². The molecule has 1 N–H and O–H groups in total. The van der Waals surface area contributed by atoms with Gasteiger partial charge >= 0.3 is 6.18 Å². The third-order valence-electron chi connectivity index (χ3n) is 5.62. The Morgan fingerprint density at radius 1 is 1.03 bits per heavy atom. The Morgan fingerprint density at radius 3 is 2.15 bits per heavy atom. The topological polar surface area (TPSA) is 66.5 Å². The molecule has 2 aromatic carbocycles. The molecule has 0 aliphatic carbocycles. The Balaban J connectivity index is 1.81. The van der Waals surface area contributed by atoms with Gasteiger partial charge in [0, 0.05) is 13.1 Å². The van der Waals surface area contributed by atoms with Crippen LogP contribution in [0.3, 0.4) is 0 Å². The number of nitrogens with zero attached hydrogens (tertiary/aromatic N) is 1. The zero-order valence-corrected chi connectivity index (χ0v) is 19.8. The second kappa shape index (κ2) is 10.6. The van der Waals surface area contributed by atoms with E-state index in [1.165, 1.54) is 23.1 Å². The molecule has 1 unspecified atom stereocenters. The molecule has 0 saturated carbocycles. The van der Waals surface area contributed by atoms with Gasteiger partial charge in [-0.05, 0) is 43.4 Å². The van der Waals surface area contributed by atoms with Gasteiger partial charge in [0.15, 0.2) is 0 Å². The molecule has 1 fully saturated rings. The Labute approximate surface area is 200 Å². The van der Waals surface area contributed by atoms with Crippen LogP contribution in [0.2, 0.25) is 10.0 Å². The van der Waals surface area contributed by atoms with Crippen LogP contribution < -0.4 is 4.72 Å². The van der Waals surface area contributed by atoms with Crippen LogP contribution >= 0.6 is 23.2 Å². The van der Waals surface area contributed by atoms with Crippen molar-refractivity contribution in [2.75, 3.05) is 13.1 Å². The average Bonchev–Trinajstić information content (AvgIpc) is 2.76. The maximum Gasteiger partial charge on any atom is 0.391 e. The van der Waals surface area contributed by atoms with Gasteiger partial charge < -0.3 is 4.90 Å². The van der Waals surface area contributed by atoms with Crippen LogP contribution in [0.5, 0.6) is 0 Å². The molecular weight excluding hydrogens is 500 g/mol. The van der Waals surface area contributed by atoms with E-state index >= 15 is 0 Å². The highest BCUT2D eigenvalue weighted by atomic mass is 35.5. The van der Waals surface area contributed by atoms with E-state index in [1.807, 2.05) is 30.3 Å². The summed E-state index contributed by atoms with van der Waals surface area (Å²) >= 11 is 12.1. The van der Waals surface area contributed by atoms with Gasteiger partial charge in [-0.25, -0.2) is 8.42 Å². The fraction of sp³-hybridized carbons (Fsp3) is 0.409. The SMILES string of the molecule is O=C(C(CCc1ccccc1)NS(=O)(=O)c1c(Cl)cccc1Cl)N1CCC(C(F)(F)F)CC1. The van der Waals surface area contributed by atoms with Gasteiger partial charge in [0.2, 0.25) is 15.9 Å². The van der Waals surface area contributed by atoms with Gasteiger partial charge in [0.1, 0.15) is 10.9 Å². The second-order valence-electron chi connectivity index (χ2n) is 7.89. The van der Waals surface area contributed by atoms with Gasteiger partial charge in [-0.3, -0.25) is 4.79 Å². The number of alkyl halides is 3. The fourth-order valence-corrected chi connectivity index (χ4v) is 6.19. The molecule has 1 amide bonds. The van der Waals surface area contributed by atoms with Crippen molar-refractivity contribution in [2.45, 2.75) is 42.8 Å². The summed E-state index contributed by atoms with van der Waals surface area (Å²) in [7, 11) is -4.28. The van der Waals surface area contributed by atoms with Crippen LogP contribution in [0.15, 0.2) is 53.4 Å². The van der Waals surface area contributed by atoms with Gasteiger partial charge in [-0.15, -0.1) is 0 Å². The molecule has 1 saturated heterocycles. The van der Waals surface area contributed by atoms with E-state index in [1.54, 1.807) is 0 Å². The van der Waals surface area contributed by atoms with E-state index in [4.69, 9.17) is 23.2 Å². The van der Waals surface area contributed by atoms with Crippen LogP contribution in [-0.4, -0.2) is 44.5 Å². The number of benzene rings is 2. The zero-order chi connectivity index (χ0) is 24.2. The minimum Gasteiger partial charge on any atom is -0.341 e. The number of hydrogen-bond donors (Lipinski definition) is 1. The molecule has 0 spiro atoms. The smallest absolute Gasteiger partial charge is 0.341 e. The molecule has 1 aliphatic rings. The summed E-state index contributed by atoms with van der Waals surface area (Å²) < 4.78 is 67.5. The number of likely N-dealkylation sites (tertiary alicyclic amines) is 1. The summed E-state index contributed by atoms with van der Waals surface area (Å²) in [5.74, 6) is -2.04. The van der Waals surface area contributed by atoms with Gasteiger partial charge in [0.25, 0.3) is 0 Å². The van der Waals surface area contributed by atoms with Crippen molar-refractivity contribution in [1.29, 1.82) is 0 Å². The van der Waals surface area contributed by atoms with E-state index in [2.05, 4.69) is 4.72 Å². The largest absolute Gasteiger partial charge is 0.391 e. The van der Waals surface area contributed by atoms with Crippen molar-refractivity contribution in [2.24, 2.45) is 5.92 Å². The van der Waals surface area contributed by atoms with E-state index in [0.717, 1.165) is 5.56 Å². The Bertz CT molecular complexity index is 1050. The minimum atomic E-state index is -4.32. The van der Waals surface area contributed by atoms with Crippen molar-refractivity contribution in [3.63, 3.8) is 0 Å². The summed E-state index contributed by atoms with van der Waals surface area (Å²) in [6, 6.07) is 12.2. The fourth-order valence-electron chi connectivity index (χ4n) is 3.82. The van der Waals surface area contributed by atoms with E-state index < -0.39 is 34.1 Å². The predicted octanol–water partition coefficient (Wildman–Crippen LogP) is 5.07. The quantitative estimate of drug-likeness (QED) is 0.551. The number of sulfonamides is 1.